The first-order valence-corrected chi connectivity index (χ1v) is 6.26. The number of hydrogen-bond donors (Lipinski definition) is 1. The second kappa shape index (κ2) is 4.98. The van der Waals surface area contributed by atoms with Gasteiger partial charge in [-0.25, -0.2) is 0 Å². The number of aromatic nitrogens is 2. The molecule has 90 valence electrons. The molecule has 0 spiro atoms. The predicted octanol–water partition coefficient (Wildman–Crippen LogP) is 3.22. The lowest BCUT2D eigenvalue weighted by Gasteiger charge is -2.00. The van der Waals surface area contributed by atoms with E-state index < -0.39 is 0 Å². The van der Waals surface area contributed by atoms with Crippen LogP contribution in [0.1, 0.15) is 30.8 Å². The third kappa shape index (κ3) is 2.56. The van der Waals surface area contributed by atoms with Gasteiger partial charge in [0.05, 0.1) is 6.04 Å². The van der Waals surface area contributed by atoms with Gasteiger partial charge in [-0.1, -0.05) is 40.1 Å². The van der Waals surface area contributed by atoms with Gasteiger partial charge in [0.2, 0.25) is 11.7 Å². The van der Waals surface area contributed by atoms with Gasteiger partial charge in [-0.05, 0) is 25.0 Å². The molecule has 5 heteroatoms. The van der Waals surface area contributed by atoms with E-state index in [1.165, 1.54) is 5.56 Å². The van der Waals surface area contributed by atoms with Crippen molar-refractivity contribution in [2.24, 2.45) is 5.73 Å². The second-order valence-electron chi connectivity index (χ2n) is 3.93. The average molecular weight is 296 g/mol. The van der Waals surface area contributed by atoms with Crippen molar-refractivity contribution < 1.29 is 4.52 Å². The number of nitrogens with two attached hydrogens (primary N) is 1. The largest absolute Gasteiger partial charge is 0.337 e. The van der Waals surface area contributed by atoms with Gasteiger partial charge < -0.3 is 10.3 Å². The Labute approximate surface area is 108 Å². The summed E-state index contributed by atoms with van der Waals surface area (Å²) in [4.78, 5) is 4.30. The molecular weight excluding hydrogens is 282 g/mol. The molecule has 1 heterocycles. The van der Waals surface area contributed by atoms with Crippen molar-refractivity contribution in [3.05, 3.63) is 34.1 Å². The van der Waals surface area contributed by atoms with E-state index in [-0.39, 0.29) is 6.04 Å². The SMILES string of the molecule is CCC(N)c1nc(-c2ccc(C)c(Br)c2)no1. The number of halogens is 1. The molecule has 0 bridgehead atoms. The van der Waals surface area contributed by atoms with Crippen LogP contribution in [-0.2, 0) is 0 Å². The molecule has 0 radical (unpaired) electrons. The molecule has 0 amide bonds. The summed E-state index contributed by atoms with van der Waals surface area (Å²) in [6, 6.07) is 5.76. The molecule has 1 unspecified atom stereocenters. The zero-order chi connectivity index (χ0) is 12.4. The molecule has 1 aromatic carbocycles. The maximum absolute atomic E-state index is 5.83. The predicted molar refractivity (Wildman–Crippen MR) is 69.4 cm³/mol. The Kier molecular flexibility index (Phi) is 3.59. The number of rotatable bonds is 3. The normalized spacial score (nSPS) is 12.7. The van der Waals surface area contributed by atoms with Gasteiger partial charge in [-0.15, -0.1) is 0 Å². The van der Waals surface area contributed by atoms with Crippen molar-refractivity contribution in [3.63, 3.8) is 0 Å². The minimum absolute atomic E-state index is 0.190. The molecule has 0 saturated carbocycles. The smallest absolute Gasteiger partial charge is 0.243 e. The van der Waals surface area contributed by atoms with Crippen LogP contribution in [0, 0.1) is 6.92 Å². The van der Waals surface area contributed by atoms with E-state index in [0.29, 0.717) is 11.7 Å². The van der Waals surface area contributed by atoms with Gasteiger partial charge in [0.25, 0.3) is 0 Å². The van der Waals surface area contributed by atoms with E-state index in [1.54, 1.807) is 0 Å². The summed E-state index contributed by atoms with van der Waals surface area (Å²) < 4.78 is 6.17. The van der Waals surface area contributed by atoms with E-state index >= 15 is 0 Å². The lowest BCUT2D eigenvalue weighted by molar-refractivity contribution is 0.352. The molecule has 0 aliphatic carbocycles. The highest BCUT2D eigenvalue weighted by atomic mass is 79.9. The third-order valence-corrected chi connectivity index (χ3v) is 3.48. The van der Waals surface area contributed by atoms with Gasteiger partial charge in [0.1, 0.15) is 0 Å². The van der Waals surface area contributed by atoms with E-state index in [4.69, 9.17) is 10.3 Å². The molecule has 2 N–H and O–H groups in total. The van der Waals surface area contributed by atoms with Crippen LogP contribution in [-0.4, -0.2) is 10.1 Å². The average Bonchev–Trinajstić information content (AvgIpc) is 2.81. The van der Waals surface area contributed by atoms with E-state index in [0.717, 1.165) is 16.5 Å². The highest BCUT2D eigenvalue weighted by Gasteiger charge is 2.14. The Balaban J connectivity index is 2.33. The lowest BCUT2D eigenvalue weighted by Crippen LogP contribution is -2.08. The van der Waals surface area contributed by atoms with Crippen molar-refractivity contribution >= 4 is 15.9 Å². The van der Waals surface area contributed by atoms with Gasteiger partial charge >= 0.3 is 0 Å². The second-order valence-corrected chi connectivity index (χ2v) is 4.79. The van der Waals surface area contributed by atoms with Gasteiger partial charge in [0.15, 0.2) is 0 Å². The molecule has 2 rings (SSSR count). The molecule has 2 aromatic rings. The van der Waals surface area contributed by atoms with Crippen LogP contribution in [0.25, 0.3) is 11.4 Å². The Bertz CT molecular complexity index is 524. The molecule has 17 heavy (non-hydrogen) atoms. The molecule has 1 aromatic heterocycles. The Morgan fingerprint density at radius 1 is 1.47 bits per heavy atom. The first-order valence-electron chi connectivity index (χ1n) is 5.47. The van der Waals surface area contributed by atoms with E-state index in [2.05, 4.69) is 26.1 Å². The Morgan fingerprint density at radius 3 is 2.88 bits per heavy atom. The van der Waals surface area contributed by atoms with E-state index in [9.17, 15) is 0 Å². The standard InChI is InChI=1S/C12H14BrN3O/c1-3-10(14)12-15-11(16-17-12)8-5-4-7(2)9(13)6-8/h4-6,10H,3,14H2,1-2H3. The maximum atomic E-state index is 5.83. The fourth-order valence-electron chi connectivity index (χ4n) is 1.41. The summed E-state index contributed by atoms with van der Waals surface area (Å²) in [6.07, 6.45) is 0.777. The number of benzene rings is 1. The van der Waals surface area contributed by atoms with Crippen molar-refractivity contribution in [1.29, 1.82) is 0 Å². The van der Waals surface area contributed by atoms with Crippen LogP contribution in [0.3, 0.4) is 0 Å². The molecule has 1 atom stereocenters. The van der Waals surface area contributed by atoms with Crippen molar-refractivity contribution in [2.75, 3.05) is 0 Å². The lowest BCUT2D eigenvalue weighted by atomic mass is 10.1. The fraction of sp³-hybridized carbons (Fsp3) is 0.333. The summed E-state index contributed by atoms with van der Waals surface area (Å²) in [5, 5.41) is 3.94. The minimum Gasteiger partial charge on any atom is -0.337 e. The third-order valence-electron chi connectivity index (χ3n) is 2.63. The number of aryl methyl sites for hydroxylation is 1. The first kappa shape index (κ1) is 12.3. The topological polar surface area (TPSA) is 64.9 Å². The van der Waals surface area contributed by atoms with Gasteiger partial charge in [0, 0.05) is 10.0 Å². The van der Waals surface area contributed by atoms with Crippen LogP contribution in [0.5, 0.6) is 0 Å². The Morgan fingerprint density at radius 2 is 2.24 bits per heavy atom. The van der Waals surface area contributed by atoms with Crippen LogP contribution in [0.4, 0.5) is 0 Å². The maximum Gasteiger partial charge on any atom is 0.243 e. The molecule has 0 aliphatic rings. The zero-order valence-electron chi connectivity index (χ0n) is 9.77. The van der Waals surface area contributed by atoms with Crippen LogP contribution in [0.15, 0.2) is 27.2 Å². The molecule has 0 aliphatic heterocycles. The summed E-state index contributed by atoms with van der Waals surface area (Å²) in [5.41, 5.74) is 7.92. The number of hydrogen-bond acceptors (Lipinski definition) is 4. The molecule has 0 fully saturated rings. The molecule has 0 saturated heterocycles. The van der Waals surface area contributed by atoms with Gasteiger partial charge in [-0.2, -0.15) is 4.98 Å². The Hall–Kier alpha value is -1.20. The van der Waals surface area contributed by atoms with Crippen LogP contribution >= 0.6 is 15.9 Å². The monoisotopic (exact) mass is 295 g/mol. The highest BCUT2D eigenvalue weighted by molar-refractivity contribution is 9.10. The highest BCUT2D eigenvalue weighted by Crippen LogP contribution is 2.24. The summed E-state index contributed by atoms with van der Waals surface area (Å²) in [7, 11) is 0. The number of nitrogens with zero attached hydrogens (tertiary/aromatic N) is 2. The quantitative estimate of drug-likeness (QED) is 0.944. The van der Waals surface area contributed by atoms with Crippen LogP contribution < -0.4 is 5.73 Å². The van der Waals surface area contributed by atoms with Crippen LogP contribution in [0.2, 0.25) is 0 Å². The molecular formula is C12H14BrN3O. The molecule has 4 nitrogen and oxygen atoms in total. The van der Waals surface area contributed by atoms with E-state index in [1.807, 2.05) is 32.0 Å². The van der Waals surface area contributed by atoms with Crippen molar-refractivity contribution in [2.45, 2.75) is 26.3 Å². The summed E-state index contributed by atoms with van der Waals surface area (Å²) in [6.45, 7) is 4.01. The fourth-order valence-corrected chi connectivity index (χ4v) is 1.79. The van der Waals surface area contributed by atoms with Crippen molar-refractivity contribution in [3.8, 4) is 11.4 Å². The van der Waals surface area contributed by atoms with Crippen molar-refractivity contribution in [1.82, 2.24) is 10.1 Å². The summed E-state index contributed by atoms with van der Waals surface area (Å²) >= 11 is 3.48. The zero-order valence-corrected chi connectivity index (χ0v) is 11.4. The first-order chi connectivity index (χ1) is 8.11. The summed E-state index contributed by atoms with van der Waals surface area (Å²) in [5.74, 6) is 1.06. The minimum atomic E-state index is -0.190. The van der Waals surface area contributed by atoms with Gasteiger partial charge in [-0.3, -0.25) is 0 Å².